The monoisotopic (exact) mass is 380 g/mol. The van der Waals surface area contributed by atoms with Gasteiger partial charge in [0.2, 0.25) is 0 Å². The molecule has 1 amide bonds. The van der Waals surface area contributed by atoms with Crippen molar-refractivity contribution in [1.29, 1.82) is 0 Å². The molecular weight excluding hydrogens is 348 g/mol. The number of piperidine rings is 1. The molecule has 2 aromatic rings. The van der Waals surface area contributed by atoms with E-state index in [4.69, 9.17) is 0 Å². The Morgan fingerprint density at radius 3 is 2.75 bits per heavy atom. The first-order chi connectivity index (χ1) is 13.8. The standard InChI is InChI=1S/C23H32N4O/c1-2-3-14-26-15-12-19(13-16-26)27(17-18-8-5-4-6-9-18)23(28)22-20-10-7-11-21(20)24-25-22/h4-6,8-9,19H,2-3,7,10-17H2,1H3,(H,24,25). The number of likely N-dealkylation sites (tertiary alicyclic amines) is 1. The Morgan fingerprint density at radius 1 is 1.21 bits per heavy atom. The zero-order valence-electron chi connectivity index (χ0n) is 17.0. The van der Waals surface area contributed by atoms with Gasteiger partial charge in [-0.2, -0.15) is 5.10 Å². The van der Waals surface area contributed by atoms with Crippen molar-refractivity contribution >= 4 is 5.91 Å². The van der Waals surface area contributed by atoms with Crippen LogP contribution in [0.2, 0.25) is 0 Å². The minimum Gasteiger partial charge on any atom is -0.330 e. The number of aromatic nitrogens is 2. The highest BCUT2D eigenvalue weighted by Crippen LogP contribution is 2.27. The van der Waals surface area contributed by atoms with Crippen LogP contribution in [0.4, 0.5) is 0 Å². The molecule has 0 saturated carbocycles. The highest BCUT2D eigenvalue weighted by molar-refractivity contribution is 5.94. The minimum atomic E-state index is 0.107. The van der Waals surface area contributed by atoms with Gasteiger partial charge in [0.25, 0.3) is 5.91 Å². The van der Waals surface area contributed by atoms with E-state index in [1.165, 1.54) is 24.9 Å². The fourth-order valence-corrected chi connectivity index (χ4v) is 4.62. The molecule has 1 saturated heterocycles. The minimum absolute atomic E-state index is 0.107. The lowest BCUT2D eigenvalue weighted by Crippen LogP contribution is -2.47. The molecule has 5 nitrogen and oxygen atoms in total. The summed E-state index contributed by atoms with van der Waals surface area (Å²) < 4.78 is 0. The number of rotatable bonds is 7. The average molecular weight is 381 g/mol. The predicted octanol–water partition coefficient (Wildman–Crippen LogP) is 3.81. The van der Waals surface area contributed by atoms with Gasteiger partial charge in [-0.15, -0.1) is 0 Å². The van der Waals surface area contributed by atoms with Crippen molar-refractivity contribution in [2.24, 2.45) is 0 Å². The Morgan fingerprint density at radius 2 is 2.00 bits per heavy atom. The zero-order valence-corrected chi connectivity index (χ0v) is 17.0. The summed E-state index contributed by atoms with van der Waals surface area (Å²) in [5, 5.41) is 7.54. The summed E-state index contributed by atoms with van der Waals surface area (Å²) in [6, 6.07) is 10.7. The third-order valence-corrected chi connectivity index (χ3v) is 6.29. The zero-order chi connectivity index (χ0) is 19.3. The first kappa shape index (κ1) is 19.2. The molecule has 0 bridgehead atoms. The van der Waals surface area contributed by atoms with Crippen molar-refractivity contribution in [2.45, 2.75) is 64.5 Å². The molecule has 1 fully saturated rings. The molecule has 0 radical (unpaired) electrons. The highest BCUT2D eigenvalue weighted by atomic mass is 16.2. The van der Waals surface area contributed by atoms with Crippen LogP contribution in [0.3, 0.4) is 0 Å². The first-order valence-electron chi connectivity index (χ1n) is 10.9. The Hall–Kier alpha value is -2.14. The maximum atomic E-state index is 13.6. The SMILES string of the molecule is CCCCN1CCC(N(Cc2ccccc2)C(=O)c2n[nH]c3c2CCC3)CC1. The lowest BCUT2D eigenvalue weighted by molar-refractivity contribution is 0.0542. The van der Waals surface area contributed by atoms with Crippen molar-refractivity contribution in [3.05, 3.63) is 52.8 Å². The Balaban J connectivity index is 1.52. The molecule has 1 N–H and O–H groups in total. The van der Waals surface area contributed by atoms with E-state index in [1.807, 2.05) is 6.07 Å². The maximum absolute atomic E-state index is 13.6. The van der Waals surface area contributed by atoms with Crippen LogP contribution in [0.15, 0.2) is 30.3 Å². The molecule has 5 heteroatoms. The summed E-state index contributed by atoms with van der Waals surface area (Å²) >= 11 is 0. The number of aryl methyl sites for hydroxylation is 1. The molecule has 0 spiro atoms. The molecule has 0 unspecified atom stereocenters. The number of unbranched alkanes of at least 4 members (excludes halogenated alkanes) is 1. The third-order valence-electron chi connectivity index (χ3n) is 6.29. The van der Waals surface area contributed by atoms with Gasteiger partial charge in [0.15, 0.2) is 5.69 Å². The van der Waals surface area contributed by atoms with Gasteiger partial charge < -0.3 is 9.80 Å². The second kappa shape index (κ2) is 8.91. The second-order valence-corrected chi connectivity index (χ2v) is 8.23. The van der Waals surface area contributed by atoms with Crippen LogP contribution >= 0.6 is 0 Å². The Bertz CT molecular complexity index is 777. The van der Waals surface area contributed by atoms with Crippen molar-refractivity contribution in [2.75, 3.05) is 19.6 Å². The number of carbonyl (C=O) groups excluding carboxylic acids is 1. The van der Waals surface area contributed by atoms with Crippen LogP contribution in [0.1, 0.15) is 66.3 Å². The number of benzene rings is 1. The molecule has 1 aromatic heterocycles. The van der Waals surface area contributed by atoms with E-state index in [0.717, 1.165) is 56.5 Å². The smallest absolute Gasteiger partial charge is 0.275 e. The average Bonchev–Trinajstić information content (AvgIpc) is 3.35. The molecule has 1 aromatic carbocycles. The third kappa shape index (κ3) is 4.14. The summed E-state index contributed by atoms with van der Waals surface area (Å²) in [7, 11) is 0. The van der Waals surface area contributed by atoms with Crippen molar-refractivity contribution in [3.63, 3.8) is 0 Å². The number of hydrogen-bond acceptors (Lipinski definition) is 3. The molecular formula is C23H32N4O. The van der Waals surface area contributed by atoms with Gasteiger partial charge in [0.1, 0.15) is 0 Å². The van der Waals surface area contributed by atoms with Crippen molar-refractivity contribution in [1.82, 2.24) is 20.0 Å². The Labute approximate surface area is 168 Å². The molecule has 150 valence electrons. The molecule has 2 aliphatic rings. The number of carbonyl (C=O) groups is 1. The lowest BCUT2D eigenvalue weighted by Gasteiger charge is -2.38. The summed E-state index contributed by atoms with van der Waals surface area (Å²) in [5.74, 6) is 0.107. The van der Waals surface area contributed by atoms with Crippen LogP contribution in [-0.2, 0) is 19.4 Å². The largest absolute Gasteiger partial charge is 0.330 e. The quantitative estimate of drug-likeness (QED) is 0.795. The van der Waals surface area contributed by atoms with E-state index in [-0.39, 0.29) is 5.91 Å². The number of nitrogens with one attached hydrogen (secondary N) is 1. The van der Waals surface area contributed by atoms with Crippen LogP contribution in [0, 0.1) is 0 Å². The normalized spacial score (nSPS) is 17.6. The summed E-state index contributed by atoms with van der Waals surface area (Å²) in [6.07, 6.45) is 7.72. The highest BCUT2D eigenvalue weighted by Gasteiger charge is 2.32. The van der Waals surface area contributed by atoms with E-state index in [9.17, 15) is 4.79 Å². The van der Waals surface area contributed by atoms with Gasteiger partial charge in [-0.25, -0.2) is 0 Å². The number of amides is 1. The number of H-pyrrole nitrogens is 1. The van der Waals surface area contributed by atoms with Crippen LogP contribution < -0.4 is 0 Å². The predicted molar refractivity (Wildman–Crippen MR) is 111 cm³/mol. The van der Waals surface area contributed by atoms with Crippen LogP contribution in [0.5, 0.6) is 0 Å². The van der Waals surface area contributed by atoms with E-state index in [2.05, 4.69) is 51.2 Å². The molecule has 2 heterocycles. The van der Waals surface area contributed by atoms with E-state index < -0.39 is 0 Å². The van der Waals surface area contributed by atoms with Gasteiger partial charge in [0, 0.05) is 36.9 Å². The van der Waals surface area contributed by atoms with E-state index in [1.54, 1.807) is 0 Å². The molecule has 1 aliphatic carbocycles. The summed E-state index contributed by atoms with van der Waals surface area (Å²) in [5.41, 5.74) is 4.18. The first-order valence-corrected chi connectivity index (χ1v) is 10.9. The van der Waals surface area contributed by atoms with Gasteiger partial charge >= 0.3 is 0 Å². The molecule has 28 heavy (non-hydrogen) atoms. The topological polar surface area (TPSA) is 52.2 Å². The molecule has 4 rings (SSSR count). The number of aromatic amines is 1. The summed E-state index contributed by atoms with van der Waals surface area (Å²) in [6.45, 7) is 6.27. The van der Waals surface area contributed by atoms with Gasteiger partial charge in [-0.05, 0) is 50.6 Å². The van der Waals surface area contributed by atoms with Gasteiger partial charge in [-0.3, -0.25) is 9.89 Å². The maximum Gasteiger partial charge on any atom is 0.275 e. The van der Waals surface area contributed by atoms with E-state index >= 15 is 0 Å². The van der Waals surface area contributed by atoms with Crippen molar-refractivity contribution in [3.8, 4) is 0 Å². The lowest BCUT2D eigenvalue weighted by atomic mass is 10.0. The number of nitrogens with zero attached hydrogens (tertiary/aromatic N) is 3. The van der Waals surface area contributed by atoms with Gasteiger partial charge in [-0.1, -0.05) is 43.7 Å². The number of hydrogen-bond donors (Lipinski definition) is 1. The fourth-order valence-electron chi connectivity index (χ4n) is 4.62. The van der Waals surface area contributed by atoms with Crippen LogP contribution in [-0.4, -0.2) is 51.6 Å². The molecule has 1 aliphatic heterocycles. The Kier molecular flexibility index (Phi) is 6.10. The van der Waals surface area contributed by atoms with Crippen LogP contribution in [0.25, 0.3) is 0 Å². The fraction of sp³-hybridized carbons (Fsp3) is 0.565. The van der Waals surface area contributed by atoms with Gasteiger partial charge in [0.05, 0.1) is 0 Å². The second-order valence-electron chi connectivity index (χ2n) is 8.23. The summed E-state index contributed by atoms with van der Waals surface area (Å²) in [4.78, 5) is 18.2. The molecule has 0 atom stereocenters. The number of fused-ring (bicyclic) bond motifs is 1. The van der Waals surface area contributed by atoms with E-state index in [0.29, 0.717) is 18.3 Å². The van der Waals surface area contributed by atoms with Crippen molar-refractivity contribution < 1.29 is 4.79 Å².